The lowest BCUT2D eigenvalue weighted by molar-refractivity contribution is -0.0425. The molecule has 0 bridgehead atoms. The normalized spacial score (nSPS) is 12.0. The first-order valence-corrected chi connectivity index (χ1v) is 6.85. The SMILES string of the molecule is CCCCCCOCCOCCOC(C)(C)C. The first-order valence-electron chi connectivity index (χ1n) is 6.85. The van der Waals surface area contributed by atoms with E-state index in [1.165, 1.54) is 25.7 Å². The van der Waals surface area contributed by atoms with E-state index in [9.17, 15) is 0 Å². The van der Waals surface area contributed by atoms with E-state index in [2.05, 4.69) is 6.92 Å². The summed E-state index contributed by atoms with van der Waals surface area (Å²) in [5.41, 5.74) is -0.0703. The number of ether oxygens (including phenoxy) is 3. The molecule has 0 heterocycles. The van der Waals surface area contributed by atoms with Crippen LogP contribution in [0.5, 0.6) is 0 Å². The van der Waals surface area contributed by atoms with E-state index < -0.39 is 0 Å². The highest BCUT2D eigenvalue weighted by Gasteiger charge is 2.08. The van der Waals surface area contributed by atoms with Crippen LogP contribution in [0.2, 0.25) is 0 Å². The molecule has 0 aromatic rings. The maximum Gasteiger partial charge on any atom is 0.0707 e. The average Bonchev–Trinajstić information content (AvgIpc) is 2.24. The minimum Gasteiger partial charge on any atom is -0.379 e. The van der Waals surface area contributed by atoms with Crippen molar-refractivity contribution in [2.24, 2.45) is 0 Å². The fourth-order valence-corrected chi connectivity index (χ4v) is 1.36. The van der Waals surface area contributed by atoms with E-state index in [-0.39, 0.29) is 5.60 Å². The lowest BCUT2D eigenvalue weighted by Gasteiger charge is -2.19. The molecule has 0 aliphatic carbocycles. The Hall–Kier alpha value is -0.120. The van der Waals surface area contributed by atoms with Crippen molar-refractivity contribution >= 4 is 0 Å². The van der Waals surface area contributed by atoms with Gasteiger partial charge in [0.05, 0.1) is 32.0 Å². The summed E-state index contributed by atoms with van der Waals surface area (Å²) in [6, 6.07) is 0. The Morgan fingerprint density at radius 2 is 1.29 bits per heavy atom. The van der Waals surface area contributed by atoms with E-state index in [0.29, 0.717) is 26.4 Å². The van der Waals surface area contributed by atoms with Gasteiger partial charge in [-0.2, -0.15) is 0 Å². The Morgan fingerprint density at radius 3 is 1.88 bits per heavy atom. The van der Waals surface area contributed by atoms with Crippen LogP contribution in [-0.2, 0) is 14.2 Å². The molecule has 17 heavy (non-hydrogen) atoms. The van der Waals surface area contributed by atoms with Crippen molar-refractivity contribution in [2.75, 3.05) is 33.0 Å². The van der Waals surface area contributed by atoms with Crippen molar-refractivity contribution in [2.45, 2.75) is 59.0 Å². The van der Waals surface area contributed by atoms with Crippen LogP contribution in [0.4, 0.5) is 0 Å². The summed E-state index contributed by atoms with van der Waals surface area (Å²) in [6.07, 6.45) is 5.03. The monoisotopic (exact) mass is 246 g/mol. The van der Waals surface area contributed by atoms with Gasteiger partial charge < -0.3 is 14.2 Å². The minimum absolute atomic E-state index is 0.0703. The summed E-state index contributed by atoms with van der Waals surface area (Å²) >= 11 is 0. The Balaban J connectivity index is 2.99. The largest absolute Gasteiger partial charge is 0.379 e. The molecule has 0 aromatic carbocycles. The number of hydrogen-bond acceptors (Lipinski definition) is 3. The standard InChI is InChI=1S/C14H30O3/c1-5-6-7-8-9-15-10-11-16-12-13-17-14(2,3)4/h5-13H2,1-4H3. The van der Waals surface area contributed by atoms with Gasteiger partial charge in [0.2, 0.25) is 0 Å². The first kappa shape index (κ1) is 16.9. The zero-order valence-corrected chi connectivity index (χ0v) is 12.1. The minimum atomic E-state index is -0.0703. The lowest BCUT2D eigenvalue weighted by Crippen LogP contribution is -2.22. The van der Waals surface area contributed by atoms with Gasteiger partial charge in [-0.25, -0.2) is 0 Å². The van der Waals surface area contributed by atoms with Crippen LogP contribution >= 0.6 is 0 Å². The smallest absolute Gasteiger partial charge is 0.0707 e. The van der Waals surface area contributed by atoms with Gasteiger partial charge in [-0.3, -0.25) is 0 Å². The molecule has 0 aliphatic heterocycles. The molecule has 0 rings (SSSR count). The number of unbranched alkanes of at least 4 members (excludes halogenated alkanes) is 3. The summed E-state index contributed by atoms with van der Waals surface area (Å²) in [5, 5.41) is 0. The van der Waals surface area contributed by atoms with E-state index in [1.807, 2.05) is 20.8 Å². The summed E-state index contributed by atoms with van der Waals surface area (Å²) < 4.78 is 16.4. The Kier molecular flexibility index (Phi) is 10.9. The third kappa shape index (κ3) is 15.9. The molecule has 0 saturated heterocycles. The fourth-order valence-electron chi connectivity index (χ4n) is 1.36. The lowest BCUT2D eigenvalue weighted by atomic mass is 10.2. The van der Waals surface area contributed by atoms with Gasteiger partial charge in [-0.1, -0.05) is 26.2 Å². The van der Waals surface area contributed by atoms with Crippen LogP contribution < -0.4 is 0 Å². The number of rotatable bonds is 11. The van der Waals surface area contributed by atoms with E-state index >= 15 is 0 Å². The highest BCUT2D eigenvalue weighted by atomic mass is 16.5. The zero-order chi connectivity index (χ0) is 13.0. The van der Waals surface area contributed by atoms with Crippen molar-refractivity contribution in [1.29, 1.82) is 0 Å². The second-order valence-corrected chi connectivity index (χ2v) is 5.25. The van der Waals surface area contributed by atoms with Gasteiger partial charge in [-0.15, -0.1) is 0 Å². The molecule has 0 amide bonds. The second-order valence-electron chi connectivity index (χ2n) is 5.25. The topological polar surface area (TPSA) is 27.7 Å². The maximum absolute atomic E-state index is 5.54. The Morgan fingerprint density at radius 1 is 0.706 bits per heavy atom. The highest BCUT2D eigenvalue weighted by Crippen LogP contribution is 2.05. The molecule has 0 radical (unpaired) electrons. The van der Waals surface area contributed by atoms with Gasteiger partial charge in [0.25, 0.3) is 0 Å². The third-order valence-corrected chi connectivity index (χ3v) is 2.28. The predicted molar refractivity (Wildman–Crippen MR) is 71.5 cm³/mol. The molecule has 104 valence electrons. The van der Waals surface area contributed by atoms with Crippen LogP contribution in [0, 0.1) is 0 Å². The molecular weight excluding hydrogens is 216 g/mol. The molecule has 3 heteroatoms. The molecule has 0 spiro atoms. The molecule has 0 unspecified atom stereocenters. The van der Waals surface area contributed by atoms with Gasteiger partial charge >= 0.3 is 0 Å². The van der Waals surface area contributed by atoms with Gasteiger partial charge in [0.15, 0.2) is 0 Å². The summed E-state index contributed by atoms with van der Waals surface area (Å²) in [6.45, 7) is 11.9. The summed E-state index contributed by atoms with van der Waals surface area (Å²) in [4.78, 5) is 0. The van der Waals surface area contributed by atoms with Crippen LogP contribution in [0.1, 0.15) is 53.4 Å². The third-order valence-electron chi connectivity index (χ3n) is 2.28. The first-order chi connectivity index (χ1) is 8.06. The van der Waals surface area contributed by atoms with Crippen molar-refractivity contribution < 1.29 is 14.2 Å². The average molecular weight is 246 g/mol. The molecule has 0 N–H and O–H groups in total. The van der Waals surface area contributed by atoms with E-state index in [1.54, 1.807) is 0 Å². The summed E-state index contributed by atoms with van der Waals surface area (Å²) in [7, 11) is 0. The van der Waals surface area contributed by atoms with Crippen LogP contribution in [-0.4, -0.2) is 38.6 Å². The van der Waals surface area contributed by atoms with Crippen molar-refractivity contribution in [3.63, 3.8) is 0 Å². The van der Waals surface area contributed by atoms with Crippen molar-refractivity contribution in [1.82, 2.24) is 0 Å². The molecule has 3 nitrogen and oxygen atoms in total. The van der Waals surface area contributed by atoms with Gasteiger partial charge in [0, 0.05) is 6.61 Å². The Labute approximate surface area is 107 Å². The Bertz CT molecular complexity index is 152. The van der Waals surface area contributed by atoms with Crippen LogP contribution in [0.3, 0.4) is 0 Å². The van der Waals surface area contributed by atoms with Gasteiger partial charge in [0.1, 0.15) is 0 Å². The van der Waals surface area contributed by atoms with Crippen LogP contribution in [0.15, 0.2) is 0 Å². The van der Waals surface area contributed by atoms with Crippen molar-refractivity contribution in [3.05, 3.63) is 0 Å². The van der Waals surface area contributed by atoms with Gasteiger partial charge in [-0.05, 0) is 27.2 Å². The predicted octanol–water partition coefficient (Wildman–Crippen LogP) is 3.42. The van der Waals surface area contributed by atoms with E-state index in [0.717, 1.165) is 6.61 Å². The molecular formula is C14H30O3. The van der Waals surface area contributed by atoms with Crippen LogP contribution in [0.25, 0.3) is 0 Å². The zero-order valence-electron chi connectivity index (χ0n) is 12.1. The number of hydrogen-bond donors (Lipinski definition) is 0. The molecule has 0 atom stereocenters. The molecule has 0 aromatic heterocycles. The second kappa shape index (κ2) is 11.0. The molecule has 0 aliphatic rings. The van der Waals surface area contributed by atoms with E-state index in [4.69, 9.17) is 14.2 Å². The molecule has 0 fully saturated rings. The fraction of sp³-hybridized carbons (Fsp3) is 1.00. The molecule has 0 saturated carbocycles. The quantitative estimate of drug-likeness (QED) is 0.523. The maximum atomic E-state index is 5.54. The summed E-state index contributed by atoms with van der Waals surface area (Å²) in [5.74, 6) is 0. The van der Waals surface area contributed by atoms with Crippen molar-refractivity contribution in [3.8, 4) is 0 Å². The highest BCUT2D eigenvalue weighted by molar-refractivity contribution is 4.57.